The average Bonchev–Trinajstić information content (AvgIpc) is 1.69. The summed E-state index contributed by atoms with van der Waals surface area (Å²) < 4.78 is 2.80. The molecule has 8 heteroatoms. The van der Waals surface area contributed by atoms with Crippen LogP contribution in [0.25, 0.3) is 0 Å². The molecule has 0 aliphatic carbocycles. The average molecular weight is 1100 g/mol. The summed E-state index contributed by atoms with van der Waals surface area (Å²) in [5, 5.41) is 0. The number of hydrogen-bond acceptors (Lipinski definition) is 6. The van der Waals surface area contributed by atoms with Crippen LogP contribution in [-0.2, 0) is 21.7 Å². The Kier molecular flexibility index (Phi) is 11.2. The van der Waals surface area contributed by atoms with Crippen molar-refractivity contribution in [2.24, 2.45) is 0 Å². The molecule has 5 aliphatic heterocycles. The van der Waals surface area contributed by atoms with Gasteiger partial charge in [0.2, 0.25) is 0 Å². The minimum absolute atomic E-state index is 0.00302. The molecule has 1 aromatic heterocycles. The maximum absolute atomic E-state index is 2.69. The summed E-state index contributed by atoms with van der Waals surface area (Å²) in [5.74, 6) is 0. The van der Waals surface area contributed by atoms with E-state index in [0.29, 0.717) is 0 Å². The van der Waals surface area contributed by atoms with E-state index in [-0.39, 0.29) is 35.1 Å². The lowest BCUT2D eigenvalue weighted by molar-refractivity contribution is 0.590. The van der Waals surface area contributed by atoms with Crippen molar-refractivity contribution in [1.29, 1.82) is 0 Å². The summed E-state index contributed by atoms with van der Waals surface area (Å²) in [7, 11) is 0. The lowest BCUT2D eigenvalue weighted by atomic mass is 9.35. The van der Waals surface area contributed by atoms with Crippen LogP contribution < -0.4 is 55.9 Å². The van der Waals surface area contributed by atoms with Crippen LogP contribution in [0.4, 0.5) is 85.3 Å². The third-order valence-corrected chi connectivity index (χ3v) is 19.7. The number of hydrogen-bond donors (Lipinski definition) is 0. The normalized spacial score (nSPS) is 14.4. The molecule has 83 heavy (non-hydrogen) atoms. The monoisotopic (exact) mass is 1100 g/mol. The van der Waals surface area contributed by atoms with Gasteiger partial charge in [0, 0.05) is 66.4 Å². The van der Waals surface area contributed by atoms with Gasteiger partial charge >= 0.3 is 0 Å². The lowest BCUT2D eigenvalue weighted by Crippen LogP contribution is -2.61. The summed E-state index contributed by atoms with van der Waals surface area (Å²) in [4.78, 5) is 13.0. The maximum atomic E-state index is 2.69. The molecule has 0 amide bonds. The fourth-order valence-electron chi connectivity index (χ4n) is 14.1. The van der Waals surface area contributed by atoms with Gasteiger partial charge < -0.3 is 24.5 Å². The second kappa shape index (κ2) is 17.9. The van der Waals surface area contributed by atoms with Crippen LogP contribution >= 0.6 is 11.3 Å². The first-order chi connectivity index (χ1) is 39.6. The van der Waals surface area contributed by atoms with Gasteiger partial charge in [-0.05, 0) is 175 Å². The molecule has 0 atom stereocenters. The molecular formula is C75H71B2N5S. The second-order valence-electron chi connectivity index (χ2n) is 28.0. The van der Waals surface area contributed by atoms with E-state index in [4.69, 9.17) is 0 Å². The van der Waals surface area contributed by atoms with Gasteiger partial charge in [-0.1, -0.05) is 180 Å². The number of benzene rings is 9. The van der Waals surface area contributed by atoms with E-state index < -0.39 is 0 Å². The first-order valence-corrected chi connectivity index (χ1v) is 30.6. The van der Waals surface area contributed by atoms with Gasteiger partial charge in [-0.25, -0.2) is 0 Å². The van der Waals surface area contributed by atoms with Crippen molar-refractivity contribution in [3.05, 3.63) is 222 Å². The Morgan fingerprint density at radius 2 is 0.723 bits per heavy atom. The second-order valence-corrected chi connectivity index (χ2v) is 29.1. The number of nitrogens with zero attached hydrogens (tertiary/aromatic N) is 5. The van der Waals surface area contributed by atoms with E-state index in [9.17, 15) is 0 Å². The van der Waals surface area contributed by atoms with Crippen molar-refractivity contribution >= 4 is 141 Å². The van der Waals surface area contributed by atoms with Crippen molar-refractivity contribution < 1.29 is 0 Å². The highest BCUT2D eigenvalue weighted by atomic mass is 32.1. The molecule has 9 aromatic carbocycles. The molecular weight excluding hydrogens is 1020 g/mol. The molecule has 408 valence electrons. The molecule has 5 nitrogen and oxygen atoms in total. The molecule has 0 saturated heterocycles. The van der Waals surface area contributed by atoms with Crippen LogP contribution in [0.5, 0.6) is 0 Å². The highest BCUT2D eigenvalue weighted by Gasteiger charge is 2.54. The topological polar surface area (TPSA) is 16.2 Å². The van der Waals surface area contributed by atoms with Crippen molar-refractivity contribution in [3.63, 3.8) is 0 Å². The van der Waals surface area contributed by atoms with Crippen LogP contribution in [-0.4, -0.2) is 13.4 Å². The fourth-order valence-corrected chi connectivity index (χ4v) is 15.6. The van der Waals surface area contributed by atoms with Crippen LogP contribution in [0.15, 0.2) is 194 Å². The van der Waals surface area contributed by atoms with E-state index in [1.54, 1.807) is 0 Å². The van der Waals surface area contributed by atoms with Crippen LogP contribution in [0.3, 0.4) is 0 Å². The van der Waals surface area contributed by atoms with Gasteiger partial charge in [0.05, 0.1) is 28.4 Å². The molecule has 5 aliphatic rings. The molecule has 0 radical (unpaired) electrons. The van der Waals surface area contributed by atoms with E-state index in [1.165, 1.54) is 122 Å². The van der Waals surface area contributed by atoms with Gasteiger partial charge in [0.25, 0.3) is 13.4 Å². The molecule has 0 unspecified atom stereocenters. The Morgan fingerprint density at radius 1 is 0.325 bits per heavy atom. The Balaban J connectivity index is 1.06. The Labute approximate surface area is 496 Å². The number of anilines is 15. The van der Waals surface area contributed by atoms with Gasteiger partial charge in [-0.3, -0.25) is 0 Å². The lowest BCUT2D eigenvalue weighted by Gasteiger charge is -2.49. The highest BCUT2D eigenvalue weighted by Crippen LogP contribution is 2.60. The predicted octanol–water partition coefficient (Wildman–Crippen LogP) is 17.2. The van der Waals surface area contributed by atoms with Gasteiger partial charge in [-0.15, -0.1) is 0 Å². The number of rotatable bonds is 5. The summed E-state index contributed by atoms with van der Waals surface area (Å²) >= 11 is 2.06. The molecule has 15 rings (SSSR count). The summed E-state index contributed by atoms with van der Waals surface area (Å²) in [5.41, 5.74) is 29.9. The van der Waals surface area contributed by atoms with E-state index in [0.717, 1.165) is 22.7 Å². The zero-order valence-electron chi connectivity index (χ0n) is 50.3. The van der Waals surface area contributed by atoms with Crippen LogP contribution in [0.2, 0.25) is 0 Å². The third-order valence-electron chi connectivity index (χ3n) is 18.4. The minimum atomic E-state index is -0.0843. The minimum Gasteiger partial charge on any atom is -0.311 e. The quantitative estimate of drug-likeness (QED) is 0.159. The largest absolute Gasteiger partial charge is 0.311 e. The zero-order chi connectivity index (χ0) is 57.4. The van der Waals surface area contributed by atoms with Gasteiger partial charge in [0.1, 0.15) is 0 Å². The van der Waals surface area contributed by atoms with Gasteiger partial charge in [0.15, 0.2) is 0 Å². The smallest absolute Gasteiger partial charge is 0.264 e. The first kappa shape index (κ1) is 51.7. The highest BCUT2D eigenvalue weighted by molar-refractivity contribution is 7.39. The standard InChI is InChI=1S/C75H71B2N5S/c1-46-40-62-66-63(41-46)81-59-26-20-21-27-60(59)82-65-45-55(78(51-22-16-14-17-23-51)52-24-18-15-19-25-52)44-64-67(65)77(57-42-49(74(8,9)10)33-39-58(57)79(64)53-34-28-47(29-35-53)72(2,3)4)71-69(82)68(81)70(83-71)76(66)56-38-32-50(75(11,12)13)43-61(56)80(62)54-36-30-48(31-37-54)73(5,6)7/h14-45H,1-13H3. The zero-order valence-corrected chi connectivity index (χ0v) is 51.1. The number of fused-ring (bicyclic) bond motifs is 11. The SMILES string of the molecule is Cc1cc2c3c(c1)N1c4ccccc4N4c5cc(N(c6ccccc6)c6ccccc6)cc6c5B(c5cc(C(C)(C)C)ccc5N6c5ccc(C(C)(C)C)cc5)c5sc(c1c54)B3c1ccc(C(C)(C)C)cc1N2c1ccc(C(C)(C)C)cc1. The van der Waals surface area contributed by atoms with E-state index >= 15 is 0 Å². The summed E-state index contributed by atoms with van der Waals surface area (Å²) in [6.07, 6.45) is 0. The van der Waals surface area contributed by atoms with E-state index in [2.05, 4.69) is 320 Å². The van der Waals surface area contributed by atoms with Gasteiger partial charge in [-0.2, -0.15) is 11.3 Å². The fraction of sp³-hybridized carbons (Fsp3) is 0.227. The van der Waals surface area contributed by atoms with Crippen LogP contribution in [0.1, 0.15) is 111 Å². The Hall–Kier alpha value is -8.19. The molecule has 0 spiro atoms. The number of aryl methyl sites for hydroxylation is 1. The molecule has 10 aromatic rings. The third kappa shape index (κ3) is 7.81. The molecule has 0 N–H and O–H groups in total. The van der Waals surface area contributed by atoms with Crippen molar-refractivity contribution in [2.75, 3.05) is 24.5 Å². The molecule has 0 saturated carbocycles. The number of thiophene rings is 1. The van der Waals surface area contributed by atoms with Crippen molar-refractivity contribution in [2.45, 2.75) is 112 Å². The Morgan fingerprint density at radius 3 is 1.22 bits per heavy atom. The first-order valence-electron chi connectivity index (χ1n) is 29.8. The van der Waals surface area contributed by atoms with Crippen molar-refractivity contribution in [1.82, 2.24) is 0 Å². The van der Waals surface area contributed by atoms with Crippen LogP contribution in [0, 0.1) is 6.92 Å². The van der Waals surface area contributed by atoms with E-state index in [1.807, 2.05) is 0 Å². The maximum Gasteiger partial charge on any atom is 0.264 e. The number of para-hydroxylation sites is 4. The molecule has 0 fully saturated rings. The predicted molar refractivity (Wildman–Crippen MR) is 360 cm³/mol. The molecule has 0 bridgehead atoms. The molecule has 6 heterocycles. The summed E-state index contributed by atoms with van der Waals surface area (Å²) in [6.45, 7) is 30.2. The Bertz CT molecular complexity index is 4250. The summed E-state index contributed by atoms with van der Waals surface area (Å²) in [6, 6.07) is 74.8. The van der Waals surface area contributed by atoms with Crippen molar-refractivity contribution in [3.8, 4) is 0 Å².